The van der Waals surface area contributed by atoms with E-state index in [2.05, 4.69) is 0 Å². The van der Waals surface area contributed by atoms with E-state index in [-0.39, 0.29) is 12.1 Å². The summed E-state index contributed by atoms with van der Waals surface area (Å²) in [6.07, 6.45) is 2.34. The number of hydrogen-bond acceptors (Lipinski definition) is 3. The van der Waals surface area contributed by atoms with Crippen LogP contribution in [-0.2, 0) is 11.2 Å². The summed E-state index contributed by atoms with van der Waals surface area (Å²) in [5.74, 6) is -0.788. The van der Waals surface area contributed by atoms with E-state index in [1.165, 1.54) is 12.1 Å². The van der Waals surface area contributed by atoms with Crippen LogP contribution in [0.4, 0.5) is 5.69 Å². The minimum absolute atomic E-state index is 0.0780. The topological polar surface area (TPSA) is 80.4 Å². The molecule has 0 aromatic heterocycles. The maximum absolute atomic E-state index is 10.4. The van der Waals surface area contributed by atoms with Gasteiger partial charge in [-0.1, -0.05) is 12.1 Å². The maximum atomic E-state index is 10.4. The van der Waals surface area contributed by atoms with Crippen LogP contribution in [0, 0.1) is 10.1 Å². The summed E-state index contributed by atoms with van der Waals surface area (Å²) in [6, 6.07) is 6.34. The van der Waals surface area contributed by atoms with Crippen LogP contribution in [0.25, 0.3) is 0 Å². The molecule has 0 atom stereocenters. The number of carboxylic acid groups (broad SMARTS) is 1. The van der Waals surface area contributed by atoms with Gasteiger partial charge in [-0.3, -0.25) is 14.9 Å². The average Bonchev–Trinajstić information content (AvgIpc) is 2.25. The lowest BCUT2D eigenvalue weighted by atomic mass is 10.1. The van der Waals surface area contributed by atoms with Gasteiger partial charge in [-0.15, -0.1) is 0 Å². The lowest BCUT2D eigenvalue weighted by molar-refractivity contribution is -0.384. The minimum Gasteiger partial charge on any atom is -0.481 e. The molecule has 16 heavy (non-hydrogen) atoms. The number of aryl methyl sites for hydroxylation is 1. The van der Waals surface area contributed by atoms with Gasteiger partial charge in [0.05, 0.1) is 4.92 Å². The zero-order chi connectivity index (χ0) is 12.0. The van der Waals surface area contributed by atoms with Gasteiger partial charge in [0.25, 0.3) is 5.69 Å². The van der Waals surface area contributed by atoms with E-state index in [1.807, 2.05) is 0 Å². The Morgan fingerprint density at radius 2 is 1.88 bits per heavy atom. The van der Waals surface area contributed by atoms with Crippen LogP contribution in [-0.4, -0.2) is 16.0 Å². The first-order valence-corrected chi connectivity index (χ1v) is 5.04. The minimum atomic E-state index is -0.788. The molecule has 0 fully saturated rings. The van der Waals surface area contributed by atoms with Crippen molar-refractivity contribution in [3.05, 3.63) is 39.9 Å². The molecule has 0 saturated carbocycles. The smallest absolute Gasteiger partial charge is 0.303 e. The van der Waals surface area contributed by atoms with Crippen LogP contribution in [0.5, 0.6) is 0 Å². The summed E-state index contributed by atoms with van der Waals surface area (Å²) in [5, 5.41) is 18.8. The molecule has 1 aromatic rings. The fraction of sp³-hybridized carbons (Fsp3) is 0.364. The Bertz CT molecular complexity index is 372. The highest BCUT2D eigenvalue weighted by molar-refractivity contribution is 5.66. The number of carbonyl (C=O) groups is 1. The highest BCUT2D eigenvalue weighted by Crippen LogP contribution is 2.13. The van der Waals surface area contributed by atoms with Crippen molar-refractivity contribution in [1.29, 1.82) is 0 Å². The fourth-order valence-corrected chi connectivity index (χ4v) is 1.39. The Morgan fingerprint density at radius 3 is 2.38 bits per heavy atom. The van der Waals surface area contributed by atoms with Gasteiger partial charge in [-0.2, -0.15) is 0 Å². The first-order valence-electron chi connectivity index (χ1n) is 5.04. The number of benzene rings is 1. The van der Waals surface area contributed by atoms with Crippen molar-refractivity contribution >= 4 is 11.7 Å². The zero-order valence-electron chi connectivity index (χ0n) is 8.76. The molecule has 5 heteroatoms. The SMILES string of the molecule is O=C(O)CCCCc1ccc([N+](=O)[O-])cc1. The molecule has 1 aromatic carbocycles. The number of unbranched alkanes of at least 4 members (excludes halogenated alkanes) is 1. The lowest BCUT2D eigenvalue weighted by Crippen LogP contribution is -1.95. The molecule has 0 aliphatic carbocycles. The normalized spacial score (nSPS) is 10.0. The molecule has 0 spiro atoms. The largest absolute Gasteiger partial charge is 0.481 e. The molecule has 5 nitrogen and oxygen atoms in total. The third-order valence-electron chi connectivity index (χ3n) is 2.25. The van der Waals surface area contributed by atoms with Gasteiger partial charge in [-0.05, 0) is 24.8 Å². The quantitative estimate of drug-likeness (QED) is 0.456. The van der Waals surface area contributed by atoms with Gasteiger partial charge in [0.15, 0.2) is 0 Å². The standard InChI is InChI=1S/C11H13NO4/c13-11(14)4-2-1-3-9-5-7-10(8-6-9)12(15)16/h5-8H,1-4H2,(H,13,14). The van der Waals surface area contributed by atoms with Crippen molar-refractivity contribution in [1.82, 2.24) is 0 Å². The van der Waals surface area contributed by atoms with Crippen LogP contribution >= 0.6 is 0 Å². The summed E-state index contributed by atoms with van der Waals surface area (Å²) in [7, 11) is 0. The predicted molar refractivity (Wildman–Crippen MR) is 58.3 cm³/mol. The first-order chi connectivity index (χ1) is 7.59. The molecule has 0 aliphatic rings. The van der Waals surface area contributed by atoms with Crippen molar-refractivity contribution in [2.45, 2.75) is 25.7 Å². The van der Waals surface area contributed by atoms with Crippen LogP contribution in [0.15, 0.2) is 24.3 Å². The van der Waals surface area contributed by atoms with E-state index in [1.54, 1.807) is 12.1 Å². The van der Waals surface area contributed by atoms with E-state index >= 15 is 0 Å². The second-order valence-electron chi connectivity index (χ2n) is 3.52. The lowest BCUT2D eigenvalue weighted by Gasteiger charge is -1.99. The maximum Gasteiger partial charge on any atom is 0.303 e. The zero-order valence-corrected chi connectivity index (χ0v) is 8.76. The molecule has 86 valence electrons. The molecule has 0 saturated heterocycles. The first kappa shape index (κ1) is 12.2. The Morgan fingerprint density at radius 1 is 1.25 bits per heavy atom. The monoisotopic (exact) mass is 223 g/mol. The van der Waals surface area contributed by atoms with E-state index in [0.29, 0.717) is 6.42 Å². The van der Waals surface area contributed by atoms with Crippen molar-refractivity contribution in [3.63, 3.8) is 0 Å². The van der Waals surface area contributed by atoms with Gasteiger partial charge < -0.3 is 5.11 Å². The number of aliphatic carboxylic acids is 1. The predicted octanol–water partition coefficient (Wildman–Crippen LogP) is 2.39. The van der Waals surface area contributed by atoms with Crippen LogP contribution in [0.1, 0.15) is 24.8 Å². The highest BCUT2D eigenvalue weighted by Gasteiger charge is 2.03. The molecule has 1 rings (SSSR count). The molecule has 0 heterocycles. The average molecular weight is 223 g/mol. The molecule has 1 N–H and O–H groups in total. The van der Waals surface area contributed by atoms with Gasteiger partial charge in [-0.25, -0.2) is 0 Å². The van der Waals surface area contributed by atoms with Crippen molar-refractivity contribution in [2.75, 3.05) is 0 Å². The van der Waals surface area contributed by atoms with Gasteiger partial charge in [0.2, 0.25) is 0 Å². The van der Waals surface area contributed by atoms with Crippen molar-refractivity contribution < 1.29 is 14.8 Å². The van der Waals surface area contributed by atoms with E-state index in [0.717, 1.165) is 18.4 Å². The van der Waals surface area contributed by atoms with Crippen LogP contribution in [0.3, 0.4) is 0 Å². The Labute approximate surface area is 92.9 Å². The summed E-state index contributed by atoms with van der Waals surface area (Å²) in [6.45, 7) is 0. The number of nitro benzene ring substituents is 1. The van der Waals surface area contributed by atoms with Crippen LogP contribution < -0.4 is 0 Å². The third-order valence-corrected chi connectivity index (χ3v) is 2.25. The summed E-state index contributed by atoms with van der Waals surface area (Å²) < 4.78 is 0. The third kappa shape index (κ3) is 4.08. The summed E-state index contributed by atoms with van der Waals surface area (Å²) >= 11 is 0. The highest BCUT2D eigenvalue weighted by atomic mass is 16.6. The number of carboxylic acids is 1. The van der Waals surface area contributed by atoms with E-state index < -0.39 is 10.9 Å². The number of nitro groups is 1. The van der Waals surface area contributed by atoms with Crippen molar-refractivity contribution in [3.8, 4) is 0 Å². The Kier molecular flexibility index (Phi) is 4.44. The molecule has 0 unspecified atom stereocenters. The van der Waals surface area contributed by atoms with Crippen LogP contribution in [0.2, 0.25) is 0 Å². The van der Waals surface area contributed by atoms with E-state index in [4.69, 9.17) is 5.11 Å². The second-order valence-corrected chi connectivity index (χ2v) is 3.52. The second kappa shape index (κ2) is 5.85. The summed E-state index contributed by atoms with van der Waals surface area (Å²) in [4.78, 5) is 20.2. The molecule has 0 aliphatic heterocycles. The molecule has 0 amide bonds. The number of nitrogens with zero attached hydrogens (tertiary/aromatic N) is 1. The molecular weight excluding hydrogens is 210 g/mol. The summed E-state index contributed by atoms with van der Waals surface area (Å²) in [5.41, 5.74) is 1.07. The van der Waals surface area contributed by atoms with Gasteiger partial charge in [0, 0.05) is 18.6 Å². The van der Waals surface area contributed by atoms with Crippen molar-refractivity contribution in [2.24, 2.45) is 0 Å². The molecule has 0 bridgehead atoms. The van der Waals surface area contributed by atoms with E-state index in [9.17, 15) is 14.9 Å². The molecule has 0 radical (unpaired) electrons. The molecular formula is C11H13NO4. The number of hydrogen-bond donors (Lipinski definition) is 1. The number of rotatable bonds is 6. The van der Waals surface area contributed by atoms with Gasteiger partial charge in [0.1, 0.15) is 0 Å². The Hall–Kier alpha value is -1.91. The number of non-ortho nitro benzene ring substituents is 1. The van der Waals surface area contributed by atoms with Gasteiger partial charge >= 0.3 is 5.97 Å². The fourth-order valence-electron chi connectivity index (χ4n) is 1.39. The Balaban J connectivity index is 2.38.